The lowest BCUT2D eigenvalue weighted by atomic mass is 9.74. The molecule has 1 aliphatic heterocycles. The third-order valence-corrected chi connectivity index (χ3v) is 7.60. The number of thioether (sulfide) groups is 1. The van der Waals surface area contributed by atoms with Crippen LogP contribution in [0, 0.1) is 6.92 Å². The Morgan fingerprint density at radius 3 is 2.71 bits per heavy atom. The zero-order valence-electron chi connectivity index (χ0n) is 19.4. The third kappa shape index (κ3) is 4.35. The molecule has 176 valence electrons. The maximum absolute atomic E-state index is 12.9. The van der Waals surface area contributed by atoms with E-state index in [9.17, 15) is 4.79 Å². The van der Waals surface area contributed by atoms with Gasteiger partial charge < -0.3 is 14.8 Å². The number of aryl methyl sites for hydroxylation is 1. The van der Waals surface area contributed by atoms with Crippen LogP contribution >= 0.6 is 11.8 Å². The average molecular weight is 477 g/mol. The summed E-state index contributed by atoms with van der Waals surface area (Å²) < 4.78 is 13.0. The van der Waals surface area contributed by atoms with Crippen molar-refractivity contribution < 1.29 is 14.3 Å². The van der Waals surface area contributed by atoms with Gasteiger partial charge in [-0.25, -0.2) is 0 Å². The molecule has 0 aliphatic carbocycles. The fraction of sp³-hybridized carbons (Fsp3) is 0.346. The zero-order valence-corrected chi connectivity index (χ0v) is 20.2. The highest BCUT2D eigenvalue weighted by atomic mass is 32.2. The molecule has 1 amide bonds. The van der Waals surface area contributed by atoms with Crippen LogP contribution in [0.1, 0.15) is 24.0 Å². The van der Waals surface area contributed by atoms with Crippen molar-refractivity contribution in [1.82, 2.24) is 19.9 Å². The van der Waals surface area contributed by atoms with Crippen LogP contribution in [0.4, 0.5) is 0 Å². The molecule has 7 nitrogen and oxygen atoms in total. The van der Waals surface area contributed by atoms with Crippen LogP contribution in [0.2, 0.25) is 0 Å². The largest absolute Gasteiger partial charge is 0.497 e. The molecule has 4 aromatic rings. The van der Waals surface area contributed by atoms with Crippen molar-refractivity contribution in [3.63, 3.8) is 0 Å². The van der Waals surface area contributed by atoms with E-state index in [-0.39, 0.29) is 17.1 Å². The first-order chi connectivity index (χ1) is 16.6. The second-order valence-corrected chi connectivity index (χ2v) is 9.65. The first-order valence-electron chi connectivity index (χ1n) is 11.4. The summed E-state index contributed by atoms with van der Waals surface area (Å²) in [6, 6.07) is 18.4. The summed E-state index contributed by atoms with van der Waals surface area (Å²) in [5, 5.41) is 13.7. The molecular weight excluding hydrogens is 448 g/mol. The summed E-state index contributed by atoms with van der Waals surface area (Å²) in [5.41, 5.74) is 4.00. The smallest absolute Gasteiger partial charge is 0.230 e. The molecule has 1 saturated heterocycles. The van der Waals surface area contributed by atoms with Gasteiger partial charge in [-0.05, 0) is 49.1 Å². The fourth-order valence-corrected chi connectivity index (χ4v) is 5.48. The summed E-state index contributed by atoms with van der Waals surface area (Å²) in [6.45, 7) is 4.07. The summed E-state index contributed by atoms with van der Waals surface area (Å²) in [6.07, 6.45) is 1.79. The third-order valence-electron chi connectivity index (χ3n) is 6.67. The first kappa shape index (κ1) is 22.7. The van der Waals surface area contributed by atoms with Crippen LogP contribution in [0.5, 0.6) is 5.75 Å². The molecule has 0 radical (unpaired) electrons. The number of methoxy groups -OCH3 is 1. The lowest BCUT2D eigenvalue weighted by Crippen LogP contribution is -2.45. The van der Waals surface area contributed by atoms with Crippen molar-refractivity contribution in [2.75, 3.05) is 32.6 Å². The van der Waals surface area contributed by atoms with Crippen LogP contribution in [0.3, 0.4) is 0 Å². The number of carbonyl (C=O) groups excluding carboxylic acids is 1. The molecule has 0 saturated carbocycles. The standard InChI is InChI=1S/C26H28N4O3S/c1-18-14-23-28-29-25(30(23)22-15-20(32-2)8-9-21(18)22)34-16-24(31)27-17-26(10-12-33-13-11-26)19-6-4-3-5-7-19/h3-9,14-15H,10-13,16-17H2,1-2H3,(H,27,31). The number of amides is 1. The number of nitrogens with zero attached hydrogens (tertiary/aromatic N) is 3. The molecular formula is C26H28N4O3S. The number of aromatic nitrogens is 3. The minimum absolute atomic E-state index is 0.0162. The number of benzene rings is 2. The maximum Gasteiger partial charge on any atom is 0.230 e. The van der Waals surface area contributed by atoms with Gasteiger partial charge in [0.1, 0.15) is 5.75 Å². The Hall–Kier alpha value is -3.10. The van der Waals surface area contributed by atoms with E-state index in [0.717, 1.165) is 40.7 Å². The number of fused-ring (bicyclic) bond motifs is 3. The van der Waals surface area contributed by atoms with Crippen LogP contribution < -0.4 is 10.1 Å². The van der Waals surface area contributed by atoms with E-state index in [1.165, 1.54) is 17.3 Å². The fourth-order valence-electron chi connectivity index (χ4n) is 4.69. The molecule has 8 heteroatoms. The minimum Gasteiger partial charge on any atom is -0.497 e. The van der Waals surface area contributed by atoms with Crippen molar-refractivity contribution in [2.45, 2.75) is 30.3 Å². The summed E-state index contributed by atoms with van der Waals surface area (Å²) in [5.74, 6) is 1.02. The van der Waals surface area contributed by atoms with Crippen LogP contribution in [-0.4, -0.2) is 53.1 Å². The zero-order chi connectivity index (χ0) is 23.5. The molecule has 3 heterocycles. The first-order valence-corrected chi connectivity index (χ1v) is 12.4. The topological polar surface area (TPSA) is 77.8 Å². The number of rotatable bonds is 7. The molecule has 1 aliphatic rings. The molecule has 0 spiro atoms. The van der Waals surface area contributed by atoms with Gasteiger partial charge in [-0.3, -0.25) is 9.20 Å². The predicted molar refractivity (Wildman–Crippen MR) is 134 cm³/mol. The number of hydrogen-bond acceptors (Lipinski definition) is 6. The van der Waals surface area contributed by atoms with Crippen molar-refractivity contribution >= 4 is 34.2 Å². The molecule has 1 fully saturated rings. The average Bonchev–Trinajstić information content (AvgIpc) is 3.30. The SMILES string of the molecule is COc1ccc2c(C)cc3nnc(SCC(=O)NCC4(c5ccccc5)CCOCC4)n3c2c1. The van der Waals surface area contributed by atoms with E-state index >= 15 is 0 Å². The van der Waals surface area contributed by atoms with Crippen LogP contribution in [-0.2, 0) is 14.9 Å². The van der Waals surface area contributed by atoms with Gasteiger partial charge in [-0.15, -0.1) is 10.2 Å². The molecule has 0 bridgehead atoms. The molecule has 1 N–H and O–H groups in total. The molecule has 2 aromatic heterocycles. The molecule has 2 aromatic carbocycles. The van der Waals surface area contributed by atoms with Gasteiger partial charge >= 0.3 is 0 Å². The Balaban J connectivity index is 1.33. The lowest BCUT2D eigenvalue weighted by molar-refractivity contribution is -0.119. The van der Waals surface area contributed by atoms with Gasteiger partial charge in [0.05, 0.1) is 18.4 Å². The quantitative estimate of drug-likeness (QED) is 0.404. The lowest BCUT2D eigenvalue weighted by Gasteiger charge is -2.38. The monoisotopic (exact) mass is 476 g/mol. The Bertz CT molecular complexity index is 1320. The van der Waals surface area contributed by atoms with Crippen molar-refractivity contribution in [2.24, 2.45) is 0 Å². The van der Waals surface area contributed by atoms with Crippen molar-refractivity contribution in [3.8, 4) is 5.75 Å². The van der Waals surface area contributed by atoms with Gasteiger partial charge in [0.2, 0.25) is 5.91 Å². The van der Waals surface area contributed by atoms with E-state index in [2.05, 4.69) is 46.7 Å². The van der Waals surface area contributed by atoms with Crippen molar-refractivity contribution in [3.05, 3.63) is 65.7 Å². The van der Waals surface area contributed by atoms with E-state index in [0.29, 0.717) is 24.9 Å². The molecule has 0 unspecified atom stereocenters. The van der Waals surface area contributed by atoms with E-state index in [1.54, 1.807) is 7.11 Å². The summed E-state index contributed by atoms with van der Waals surface area (Å²) in [4.78, 5) is 12.9. The normalized spacial score (nSPS) is 15.5. The highest BCUT2D eigenvalue weighted by Gasteiger charge is 2.34. The molecule has 34 heavy (non-hydrogen) atoms. The van der Waals surface area contributed by atoms with Gasteiger partial charge in [0.15, 0.2) is 10.8 Å². The van der Waals surface area contributed by atoms with E-state index in [4.69, 9.17) is 9.47 Å². The van der Waals surface area contributed by atoms with E-state index in [1.807, 2.05) is 34.7 Å². The summed E-state index contributed by atoms with van der Waals surface area (Å²) >= 11 is 1.39. The van der Waals surface area contributed by atoms with Gasteiger partial charge in [-0.2, -0.15) is 0 Å². The summed E-state index contributed by atoms with van der Waals surface area (Å²) in [7, 11) is 1.65. The van der Waals surface area contributed by atoms with Gasteiger partial charge in [0.25, 0.3) is 0 Å². The van der Waals surface area contributed by atoms with Gasteiger partial charge in [0, 0.05) is 36.6 Å². The number of carbonyl (C=O) groups is 1. The Kier molecular flexibility index (Phi) is 6.43. The Morgan fingerprint density at radius 1 is 1.15 bits per heavy atom. The number of ether oxygens (including phenoxy) is 2. The molecule has 5 rings (SSSR count). The number of nitrogens with one attached hydrogen (secondary N) is 1. The highest BCUT2D eigenvalue weighted by Crippen LogP contribution is 2.34. The molecule has 0 atom stereocenters. The van der Waals surface area contributed by atoms with Crippen molar-refractivity contribution in [1.29, 1.82) is 0 Å². The van der Waals surface area contributed by atoms with E-state index < -0.39 is 0 Å². The second kappa shape index (κ2) is 9.64. The van der Waals surface area contributed by atoms with Crippen LogP contribution in [0.15, 0.2) is 59.8 Å². The highest BCUT2D eigenvalue weighted by molar-refractivity contribution is 7.99. The number of pyridine rings is 1. The Labute approximate surface area is 202 Å². The maximum atomic E-state index is 12.9. The number of hydrogen-bond donors (Lipinski definition) is 1. The second-order valence-electron chi connectivity index (χ2n) is 8.71. The predicted octanol–water partition coefficient (Wildman–Crippen LogP) is 4.16. The minimum atomic E-state index is -0.0916. The van der Waals surface area contributed by atoms with Gasteiger partial charge in [-0.1, -0.05) is 42.1 Å². The van der Waals surface area contributed by atoms with Crippen LogP contribution in [0.25, 0.3) is 16.6 Å². The Morgan fingerprint density at radius 2 is 1.94 bits per heavy atom.